The summed E-state index contributed by atoms with van der Waals surface area (Å²) in [4.78, 5) is 23.8. The minimum atomic E-state index is -0.972. The van der Waals surface area contributed by atoms with E-state index in [0.717, 1.165) is 11.1 Å². The molecule has 23 heavy (non-hydrogen) atoms. The second-order valence-corrected chi connectivity index (χ2v) is 5.50. The highest BCUT2D eigenvalue weighted by molar-refractivity contribution is 5.86. The van der Waals surface area contributed by atoms with Crippen LogP contribution in [0.25, 0.3) is 0 Å². The number of rotatable bonds is 4. The van der Waals surface area contributed by atoms with Crippen LogP contribution in [0.4, 0.5) is 5.69 Å². The maximum absolute atomic E-state index is 12.5. The Labute approximate surface area is 133 Å². The third-order valence-corrected chi connectivity index (χ3v) is 3.94. The molecule has 0 aromatic heterocycles. The summed E-state index contributed by atoms with van der Waals surface area (Å²) in [6, 6.07) is 15.9. The molecule has 2 atom stereocenters. The average molecular weight is 311 g/mol. The van der Waals surface area contributed by atoms with E-state index in [2.05, 4.69) is 5.32 Å². The lowest BCUT2D eigenvalue weighted by atomic mass is 9.87. The molecule has 0 fully saturated rings. The van der Waals surface area contributed by atoms with Crippen molar-refractivity contribution < 1.29 is 19.4 Å². The Morgan fingerprint density at radius 3 is 2.52 bits per heavy atom. The standard InChI is InChI=1S/C18H17NO4/c20-17(21)16-10-14(13-8-4-5-9-15(13)19-16)18(22)23-11-12-6-2-1-3-7-12/h1-9,14,16,19H,10-11H2,(H,20,21)/t14-,16-/m1/s1. The van der Waals surface area contributed by atoms with Gasteiger partial charge >= 0.3 is 11.9 Å². The van der Waals surface area contributed by atoms with Gasteiger partial charge in [-0.05, 0) is 23.6 Å². The second-order valence-electron chi connectivity index (χ2n) is 5.50. The SMILES string of the molecule is O=C(O)[C@H]1C[C@@H](C(=O)OCc2ccccc2)c2ccccc2N1. The number of carbonyl (C=O) groups excluding carboxylic acids is 1. The van der Waals surface area contributed by atoms with E-state index in [9.17, 15) is 14.7 Å². The van der Waals surface area contributed by atoms with Crippen LogP contribution < -0.4 is 5.32 Å². The number of carboxylic acids is 1. The summed E-state index contributed by atoms with van der Waals surface area (Å²) in [6.07, 6.45) is 0.181. The number of carbonyl (C=O) groups is 2. The molecule has 5 nitrogen and oxygen atoms in total. The molecule has 3 rings (SSSR count). The maximum atomic E-state index is 12.5. The Balaban J connectivity index is 1.77. The van der Waals surface area contributed by atoms with E-state index in [1.807, 2.05) is 48.5 Å². The number of esters is 1. The van der Waals surface area contributed by atoms with E-state index in [1.54, 1.807) is 6.07 Å². The van der Waals surface area contributed by atoms with Crippen molar-refractivity contribution in [1.29, 1.82) is 0 Å². The number of anilines is 1. The van der Waals surface area contributed by atoms with Crippen molar-refractivity contribution in [3.8, 4) is 0 Å². The number of para-hydroxylation sites is 1. The van der Waals surface area contributed by atoms with E-state index < -0.39 is 23.9 Å². The zero-order chi connectivity index (χ0) is 16.2. The number of aliphatic carboxylic acids is 1. The van der Waals surface area contributed by atoms with Crippen LogP contribution in [-0.4, -0.2) is 23.1 Å². The van der Waals surface area contributed by atoms with Gasteiger partial charge in [0.25, 0.3) is 0 Å². The van der Waals surface area contributed by atoms with E-state index in [0.29, 0.717) is 5.69 Å². The molecular weight excluding hydrogens is 294 g/mol. The van der Waals surface area contributed by atoms with Gasteiger partial charge in [0.2, 0.25) is 0 Å². The predicted molar refractivity (Wildman–Crippen MR) is 85.1 cm³/mol. The van der Waals surface area contributed by atoms with Gasteiger partial charge in [-0.3, -0.25) is 4.79 Å². The molecule has 0 bridgehead atoms. The number of benzene rings is 2. The number of fused-ring (bicyclic) bond motifs is 1. The second kappa shape index (κ2) is 6.52. The molecule has 118 valence electrons. The van der Waals surface area contributed by atoms with Crippen molar-refractivity contribution in [3.63, 3.8) is 0 Å². The van der Waals surface area contributed by atoms with E-state index in [1.165, 1.54) is 0 Å². The fourth-order valence-corrected chi connectivity index (χ4v) is 2.76. The Kier molecular flexibility index (Phi) is 4.28. The van der Waals surface area contributed by atoms with Crippen molar-refractivity contribution in [2.24, 2.45) is 0 Å². The molecule has 0 spiro atoms. The lowest BCUT2D eigenvalue weighted by molar-refractivity contribution is -0.147. The van der Waals surface area contributed by atoms with Crippen molar-refractivity contribution in [2.45, 2.75) is 25.0 Å². The Morgan fingerprint density at radius 1 is 1.09 bits per heavy atom. The number of hydrogen-bond acceptors (Lipinski definition) is 4. The summed E-state index contributed by atoms with van der Waals surface area (Å²) in [5, 5.41) is 12.2. The number of hydrogen-bond donors (Lipinski definition) is 2. The van der Waals surface area contributed by atoms with Crippen LogP contribution in [0.15, 0.2) is 54.6 Å². The molecule has 1 heterocycles. The molecule has 0 radical (unpaired) electrons. The molecule has 2 aromatic rings. The van der Waals surface area contributed by atoms with Gasteiger partial charge in [0.15, 0.2) is 0 Å². The molecule has 0 saturated carbocycles. The van der Waals surface area contributed by atoms with Crippen LogP contribution in [0.5, 0.6) is 0 Å². The van der Waals surface area contributed by atoms with Crippen molar-refractivity contribution in [2.75, 3.05) is 5.32 Å². The third kappa shape index (κ3) is 3.34. The number of ether oxygens (including phenoxy) is 1. The first-order chi connectivity index (χ1) is 11.1. The lowest BCUT2D eigenvalue weighted by Gasteiger charge is -2.29. The quantitative estimate of drug-likeness (QED) is 0.849. The van der Waals surface area contributed by atoms with Gasteiger partial charge in [-0.1, -0.05) is 48.5 Å². The van der Waals surface area contributed by atoms with Gasteiger partial charge in [-0.2, -0.15) is 0 Å². The van der Waals surface area contributed by atoms with Crippen molar-refractivity contribution in [3.05, 3.63) is 65.7 Å². The molecule has 0 aliphatic carbocycles. The normalized spacial score (nSPS) is 19.3. The van der Waals surface area contributed by atoms with Crippen LogP contribution in [0.1, 0.15) is 23.5 Å². The summed E-state index contributed by atoms with van der Waals surface area (Å²) >= 11 is 0. The minimum Gasteiger partial charge on any atom is -0.480 e. The molecule has 0 amide bonds. The van der Waals surface area contributed by atoms with Crippen LogP contribution in [0.3, 0.4) is 0 Å². The maximum Gasteiger partial charge on any atom is 0.326 e. The summed E-state index contributed by atoms with van der Waals surface area (Å²) in [5.74, 6) is -1.94. The zero-order valence-corrected chi connectivity index (χ0v) is 12.4. The first-order valence-electron chi connectivity index (χ1n) is 7.44. The Bertz CT molecular complexity index is 714. The highest BCUT2D eigenvalue weighted by atomic mass is 16.5. The first-order valence-corrected chi connectivity index (χ1v) is 7.44. The number of carboxylic acid groups (broad SMARTS) is 1. The first kappa shape index (κ1) is 15.1. The molecule has 1 aliphatic rings. The highest BCUT2D eigenvalue weighted by Crippen LogP contribution is 2.35. The molecular formula is C18H17NO4. The van der Waals surface area contributed by atoms with Gasteiger partial charge in [-0.25, -0.2) is 4.79 Å². The van der Waals surface area contributed by atoms with Crippen LogP contribution in [-0.2, 0) is 20.9 Å². The van der Waals surface area contributed by atoms with Crippen LogP contribution in [0, 0.1) is 0 Å². The van der Waals surface area contributed by atoms with Crippen molar-refractivity contribution >= 4 is 17.6 Å². The number of nitrogens with one attached hydrogen (secondary N) is 1. The van der Waals surface area contributed by atoms with E-state index in [4.69, 9.17) is 4.74 Å². The summed E-state index contributed by atoms with van der Waals surface area (Å²) in [6.45, 7) is 0.184. The molecule has 1 aliphatic heterocycles. The monoisotopic (exact) mass is 311 g/mol. The lowest BCUT2D eigenvalue weighted by Crippen LogP contribution is -2.37. The summed E-state index contributed by atoms with van der Waals surface area (Å²) < 4.78 is 5.39. The minimum absolute atomic E-state index is 0.181. The molecule has 5 heteroatoms. The van der Waals surface area contributed by atoms with Gasteiger partial charge in [0.05, 0.1) is 5.92 Å². The zero-order valence-electron chi connectivity index (χ0n) is 12.4. The highest BCUT2D eigenvalue weighted by Gasteiger charge is 2.35. The van der Waals surface area contributed by atoms with Gasteiger partial charge in [-0.15, -0.1) is 0 Å². The van der Waals surface area contributed by atoms with E-state index in [-0.39, 0.29) is 13.0 Å². The molecule has 0 unspecified atom stereocenters. The molecule has 2 aromatic carbocycles. The fourth-order valence-electron chi connectivity index (χ4n) is 2.76. The Morgan fingerprint density at radius 2 is 1.78 bits per heavy atom. The van der Waals surface area contributed by atoms with Crippen LogP contribution >= 0.6 is 0 Å². The Hall–Kier alpha value is -2.82. The topological polar surface area (TPSA) is 75.6 Å². The van der Waals surface area contributed by atoms with Gasteiger partial charge in [0, 0.05) is 5.69 Å². The van der Waals surface area contributed by atoms with Gasteiger partial charge in [0.1, 0.15) is 12.6 Å². The fraction of sp³-hybridized carbons (Fsp3) is 0.222. The largest absolute Gasteiger partial charge is 0.480 e. The third-order valence-electron chi connectivity index (χ3n) is 3.94. The summed E-state index contributed by atoms with van der Waals surface area (Å²) in [5.41, 5.74) is 2.36. The smallest absolute Gasteiger partial charge is 0.326 e. The average Bonchev–Trinajstić information content (AvgIpc) is 2.59. The molecule has 0 saturated heterocycles. The van der Waals surface area contributed by atoms with E-state index >= 15 is 0 Å². The van der Waals surface area contributed by atoms with Crippen LogP contribution in [0.2, 0.25) is 0 Å². The van der Waals surface area contributed by atoms with Gasteiger partial charge < -0.3 is 15.2 Å². The van der Waals surface area contributed by atoms with Crippen molar-refractivity contribution in [1.82, 2.24) is 0 Å². The molecule has 2 N–H and O–H groups in total. The summed E-state index contributed by atoms with van der Waals surface area (Å²) in [7, 11) is 0. The predicted octanol–water partition coefficient (Wildman–Crippen LogP) is 2.78.